The van der Waals surface area contributed by atoms with E-state index in [1.807, 2.05) is 20.1 Å². The fraction of sp³-hybridized carbons (Fsp3) is 0.700. The molecular formula is C10H19N. The number of rotatable bonds is 3. The first-order chi connectivity index (χ1) is 5.13. The summed E-state index contributed by atoms with van der Waals surface area (Å²) in [5, 5.41) is 0. The van der Waals surface area contributed by atoms with Crippen molar-refractivity contribution < 1.29 is 0 Å². The molecule has 0 saturated carbocycles. The van der Waals surface area contributed by atoms with Crippen LogP contribution in [0.3, 0.4) is 0 Å². The summed E-state index contributed by atoms with van der Waals surface area (Å²) in [6.45, 7) is 10.7. The average Bonchev–Trinajstić information content (AvgIpc) is 1.98. The summed E-state index contributed by atoms with van der Waals surface area (Å²) in [6.07, 6.45) is 3.94. The van der Waals surface area contributed by atoms with Crippen LogP contribution >= 0.6 is 0 Å². The van der Waals surface area contributed by atoms with Crippen molar-refractivity contribution in [1.29, 1.82) is 0 Å². The van der Waals surface area contributed by atoms with Crippen LogP contribution in [-0.2, 0) is 0 Å². The zero-order valence-electron chi connectivity index (χ0n) is 8.26. The number of nitrogens with zero attached hydrogens (tertiary/aromatic N) is 1. The SMILES string of the molecule is CC=N/C(=C\C)C(C)C(C)C. The lowest BCUT2D eigenvalue weighted by atomic mass is 9.95. The molecule has 0 aliphatic heterocycles. The first kappa shape index (κ1) is 10.4. The van der Waals surface area contributed by atoms with E-state index < -0.39 is 0 Å². The maximum absolute atomic E-state index is 4.30. The minimum atomic E-state index is 0.566. The topological polar surface area (TPSA) is 12.4 Å². The highest BCUT2D eigenvalue weighted by molar-refractivity contribution is 5.55. The van der Waals surface area contributed by atoms with Gasteiger partial charge in [0.25, 0.3) is 0 Å². The Bertz CT molecular complexity index is 154. The van der Waals surface area contributed by atoms with Gasteiger partial charge in [-0.1, -0.05) is 26.8 Å². The highest BCUT2D eigenvalue weighted by Gasteiger charge is 2.09. The highest BCUT2D eigenvalue weighted by Crippen LogP contribution is 2.19. The molecule has 0 aromatic rings. The Morgan fingerprint density at radius 2 is 1.73 bits per heavy atom. The molecule has 64 valence electrons. The van der Waals surface area contributed by atoms with Gasteiger partial charge in [-0.15, -0.1) is 0 Å². The maximum Gasteiger partial charge on any atom is 0.0387 e. The molecule has 0 saturated heterocycles. The van der Waals surface area contributed by atoms with Crippen LogP contribution in [0.25, 0.3) is 0 Å². The van der Waals surface area contributed by atoms with Gasteiger partial charge in [0, 0.05) is 17.8 Å². The summed E-state index contributed by atoms with van der Waals surface area (Å²) >= 11 is 0. The van der Waals surface area contributed by atoms with Crippen molar-refractivity contribution in [3.05, 3.63) is 11.8 Å². The summed E-state index contributed by atoms with van der Waals surface area (Å²) in [7, 11) is 0. The molecule has 0 aromatic heterocycles. The zero-order chi connectivity index (χ0) is 8.85. The van der Waals surface area contributed by atoms with E-state index in [4.69, 9.17) is 0 Å². The van der Waals surface area contributed by atoms with Gasteiger partial charge in [-0.05, 0) is 19.8 Å². The first-order valence-corrected chi connectivity index (χ1v) is 4.28. The lowest BCUT2D eigenvalue weighted by Crippen LogP contribution is -2.05. The molecule has 1 atom stereocenters. The van der Waals surface area contributed by atoms with Crippen molar-refractivity contribution in [2.75, 3.05) is 0 Å². The largest absolute Gasteiger partial charge is 0.266 e. The molecule has 0 rings (SSSR count). The second-order valence-corrected chi connectivity index (χ2v) is 3.13. The van der Waals surface area contributed by atoms with Crippen molar-refractivity contribution in [2.45, 2.75) is 34.6 Å². The molecule has 0 spiro atoms. The van der Waals surface area contributed by atoms with Crippen molar-refractivity contribution in [1.82, 2.24) is 0 Å². The van der Waals surface area contributed by atoms with Gasteiger partial charge in [-0.3, -0.25) is 4.99 Å². The van der Waals surface area contributed by atoms with Gasteiger partial charge in [-0.2, -0.15) is 0 Å². The van der Waals surface area contributed by atoms with Crippen LogP contribution in [0.5, 0.6) is 0 Å². The summed E-state index contributed by atoms with van der Waals surface area (Å²) in [5.41, 5.74) is 1.20. The third-order valence-electron chi connectivity index (χ3n) is 2.04. The lowest BCUT2D eigenvalue weighted by Gasteiger charge is -2.15. The molecule has 0 heterocycles. The normalized spacial score (nSPS) is 16.4. The van der Waals surface area contributed by atoms with Gasteiger partial charge in [0.15, 0.2) is 0 Å². The van der Waals surface area contributed by atoms with Crippen LogP contribution < -0.4 is 0 Å². The molecule has 1 unspecified atom stereocenters. The second-order valence-electron chi connectivity index (χ2n) is 3.13. The molecule has 11 heavy (non-hydrogen) atoms. The minimum Gasteiger partial charge on any atom is -0.266 e. The second kappa shape index (κ2) is 5.11. The van der Waals surface area contributed by atoms with Crippen LogP contribution in [0.4, 0.5) is 0 Å². The average molecular weight is 153 g/mol. The van der Waals surface area contributed by atoms with Crippen LogP contribution in [0.15, 0.2) is 16.8 Å². The van der Waals surface area contributed by atoms with Gasteiger partial charge in [-0.25, -0.2) is 0 Å². The van der Waals surface area contributed by atoms with Gasteiger partial charge in [0.05, 0.1) is 0 Å². The minimum absolute atomic E-state index is 0.566. The Morgan fingerprint density at radius 1 is 1.18 bits per heavy atom. The lowest BCUT2D eigenvalue weighted by molar-refractivity contribution is 0.476. The molecule has 0 aliphatic carbocycles. The Kier molecular flexibility index (Phi) is 4.84. The molecule has 0 bridgehead atoms. The molecular weight excluding hydrogens is 134 g/mol. The van der Waals surface area contributed by atoms with Crippen molar-refractivity contribution in [2.24, 2.45) is 16.8 Å². The van der Waals surface area contributed by atoms with E-state index in [9.17, 15) is 0 Å². The predicted octanol–water partition coefficient (Wildman–Crippen LogP) is 3.27. The molecule has 0 aromatic carbocycles. The molecule has 0 N–H and O–H groups in total. The summed E-state index contributed by atoms with van der Waals surface area (Å²) in [5.74, 6) is 1.24. The highest BCUT2D eigenvalue weighted by atomic mass is 14.7. The van der Waals surface area contributed by atoms with E-state index in [0.717, 1.165) is 0 Å². The van der Waals surface area contributed by atoms with Gasteiger partial charge >= 0.3 is 0 Å². The number of allylic oxidation sites excluding steroid dienone is 2. The van der Waals surface area contributed by atoms with Gasteiger partial charge in [0.2, 0.25) is 0 Å². The van der Waals surface area contributed by atoms with E-state index in [1.165, 1.54) is 5.70 Å². The van der Waals surface area contributed by atoms with E-state index in [-0.39, 0.29) is 0 Å². The Balaban J connectivity index is 4.27. The maximum atomic E-state index is 4.30. The van der Waals surface area contributed by atoms with Crippen molar-refractivity contribution >= 4 is 6.21 Å². The zero-order valence-corrected chi connectivity index (χ0v) is 8.26. The number of hydrogen-bond acceptors (Lipinski definition) is 1. The standard InChI is InChI=1S/C10H19N/c1-6-10(11-7-2)9(5)8(3)4/h6-9H,1-5H3/b10-6-,11-7?. The Morgan fingerprint density at radius 3 is 2.00 bits per heavy atom. The van der Waals surface area contributed by atoms with E-state index in [1.54, 1.807) is 0 Å². The number of aliphatic imine (C=N–C) groups is 1. The summed E-state index contributed by atoms with van der Waals surface area (Å²) < 4.78 is 0. The number of hydrogen-bond donors (Lipinski definition) is 0. The van der Waals surface area contributed by atoms with E-state index in [2.05, 4.69) is 31.8 Å². The van der Waals surface area contributed by atoms with Crippen LogP contribution in [0, 0.1) is 11.8 Å². The Labute approximate surface area is 70.2 Å². The fourth-order valence-corrected chi connectivity index (χ4v) is 0.946. The van der Waals surface area contributed by atoms with Crippen molar-refractivity contribution in [3.8, 4) is 0 Å². The monoisotopic (exact) mass is 153 g/mol. The fourth-order valence-electron chi connectivity index (χ4n) is 0.946. The molecule has 0 aliphatic rings. The molecule has 0 amide bonds. The third-order valence-corrected chi connectivity index (χ3v) is 2.04. The van der Waals surface area contributed by atoms with Gasteiger partial charge in [0.1, 0.15) is 0 Å². The van der Waals surface area contributed by atoms with E-state index in [0.29, 0.717) is 11.8 Å². The summed E-state index contributed by atoms with van der Waals surface area (Å²) in [4.78, 5) is 4.30. The first-order valence-electron chi connectivity index (χ1n) is 4.28. The Hall–Kier alpha value is -0.590. The van der Waals surface area contributed by atoms with Crippen molar-refractivity contribution in [3.63, 3.8) is 0 Å². The van der Waals surface area contributed by atoms with Crippen LogP contribution in [0.1, 0.15) is 34.6 Å². The molecule has 0 fully saturated rings. The predicted molar refractivity (Wildman–Crippen MR) is 51.9 cm³/mol. The molecule has 1 heteroatoms. The smallest absolute Gasteiger partial charge is 0.0387 e. The summed E-state index contributed by atoms with van der Waals surface area (Å²) in [6, 6.07) is 0. The third kappa shape index (κ3) is 3.35. The molecule has 0 radical (unpaired) electrons. The van der Waals surface area contributed by atoms with E-state index >= 15 is 0 Å². The quantitative estimate of drug-likeness (QED) is 0.552. The van der Waals surface area contributed by atoms with Crippen LogP contribution in [-0.4, -0.2) is 6.21 Å². The van der Waals surface area contributed by atoms with Gasteiger partial charge < -0.3 is 0 Å². The molecule has 1 nitrogen and oxygen atoms in total. The van der Waals surface area contributed by atoms with Crippen LogP contribution in [0.2, 0.25) is 0 Å².